The maximum absolute atomic E-state index is 6.29. The lowest BCUT2D eigenvalue weighted by molar-refractivity contribution is -0.0399. The third kappa shape index (κ3) is 2.81. The average molecular weight is 473 g/mol. The number of benzene rings is 4. The van der Waals surface area contributed by atoms with Crippen LogP contribution in [0.1, 0.15) is 43.2 Å². The molecule has 5 aliphatic rings. The highest BCUT2D eigenvalue weighted by atomic mass is 35.5. The highest BCUT2D eigenvalue weighted by Crippen LogP contribution is 2.69. The molecule has 4 aromatic carbocycles. The van der Waals surface area contributed by atoms with Crippen LogP contribution in [0.2, 0.25) is 5.02 Å². The van der Waals surface area contributed by atoms with Crippen LogP contribution in [0.25, 0.3) is 33.4 Å². The van der Waals surface area contributed by atoms with Crippen LogP contribution >= 0.6 is 11.6 Å². The van der Waals surface area contributed by atoms with Gasteiger partial charge in [-0.25, -0.2) is 0 Å². The van der Waals surface area contributed by atoms with Crippen molar-refractivity contribution in [1.29, 1.82) is 0 Å². The maximum atomic E-state index is 6.29. The first-order chi connectivity index (χ1) is 17.2. The van der Waals surface area contributed by atoms with Crippen molar-refractivity contribution in [3.05, 3.63) is 107 Å². The molecule has 4 saturated carbocycles. The SMILES string of the molecule is Clc1cccc(-c2cccc(-c3ccc4c(c3)-c3ccccc3C43C4CC5CC(C4)CC3C5)c2)c1. The summed E-state index contributed by atoms with van der Waals surface area (Å²) in [5.41, 5.74) is 11.4. The lowest BCUT2D eigenvalue weighted by Gasteiger charge is -2.61. The zero-order valence-corrected chi connectivity index (χ0v) is 20.6. The topological polar surface area (TPSA) is 0 Å². The summed E-state index contributed by atoms with van der Waals surface area (Å²) in [7, 11) is 0. The minimum absolute atomic E-state index is 0.251. The molecule has 35 heavy (non-hydrogen) atoms. The van der Waals surface area contributed by atoms with E-state index in [1.807, 2.05) is 12.1 Å². The van der Waals surface area contributed by atoms with Crippen LogP contribution in [-0.4, -0.2) is 0 Å². The van der Waals surface area contributed by atoms with Gasteiger partial charge in [-0.05, 0) is 125 Å². The van der Waals surface area contributed by atoms with Gasteiger partial charge in [-0.2, -0.15) is 0 Å². The molecule has 0 nitrogen and oxygen atoms in total. The summed E-state index contributed by atoms with van der Waals surface area (Å²) >= 11 is 6.29. The zero-order valence-electron chi connectivity index (χ0n) is 19.9. The highest BCUT2D eigenvalue weighted by Gasteiger charge is 2.61. The maximum Gasteiger partial charge on any atom is 0.0412 e. The molecule has 0 unspecified atom stereocenters. The second-order valence-electron chi connectivity index (χ2n) is 11.6. The van der Waals surface area contributed by atoms with E-state index in [2.05, 4.69) is 78.9 Å². The van der Waals surface area contributed by atoms with Crippen LogP contribution < -0.4 is 0 Å². The average Bonchev–Trinajstić information content (AvgIpc) is 3.17. The van der Waals surface area contributed by atoms with Gasteiger partial charge in [-0.3, -0.25) is 0 Å². The summed E-state index contributed by atoms with van der Waals surface area (Å²) in [6.07, 6.45) is 7.24. The molecule has 4 fully saturated rings. The molecule has 0 radical (unpaired) electrons. The Labute approximate surface area is 213 Å². The number of halogens is 1. The standard InChI is InChI=1S/C34H29Cl/c35-29-8-4-7-25(19-29)23-5-3-6-24(18-23)26-11-12-33-31(20-26)30-9-1-2-10-32(30)34(33)27-14-21-13-22(16-27)17-28(34)15-21/h1-12,18-22,27-28H,13-17H2. The minimum Gasteiger partial charge on any atom is -0.0843 e. The molecule has 0 atom stereocenters. The van der Waals surface area contributed by atoms with Crippen molar-refractivity contribution in [2.75, 3.05) is 0 Å². The molecule has 0 amide bonds. The van der Waals surface area contributed by atoms with E-state index in [4.69, 9.17) is 11.6 Å². The van der Waals surface area contributed by atoms with Crippen LogP contribution in [0.3, 0.4) is 0 Å². The number of hydrogen-bond acceptors (Lipinski definition) is 0. The van der Waals surface area contributed by atoms with Crippen LogP contribution in [-0.2, 0) is 5.41 Å². The fourth-order valence-electron chi connectivity index (χ4n) is 8.88. The molecule has 0 aromatic heterocycles. The Morgan fingerprint density at radius 2 is 1.11 bits per heavy atom. The molecule has 9 rings (SSSR count). The fourth-order valence-corrected chi connectivity index (χ4v) is 9.08. The monoisotopic (exact) mass is 472 g/mol. The second-order valence-corrected chi connectivity index (χ2v) is 12.0. The number of fused-ring (bicyclic) bond motifs is 3. The lowest BCUT2D eigenvalue weighted by Crippen LogP contribution is -2.55. The van der Waals surface area contributed by atoms with Crippen molar-refractivity contribution in [3.8, 4) is 33.4 Å². The largest absolute Gasteiger partial charge is 0.0843 e. The molecule has 172 valence electrons. The van der Waals surface area contributed by atoms with Crippen molar-refractivity contribution < 1.29 is 0 Å². The van der Waals surface area contributed by atoms with E-state index in [0.717, 1.165) is 28.7 Å². The second kappa shape index (κ2) is 7.34. The lowest BCUT2D eigenvalue weighted by atomic mass is 9.43. The molecule has 5 aliphatic carbocycles. The molecule has 4 aromatic rings. The molecule has 4 bridgehead atoms. The van der Waals surface area contributed by atoms with Gasteiger partial charge in [0.05, 0.1) is 0 Å². The van der Waals surface area contributed by atoms with Gasteiger partial charge in [0.2, 0.25) is 0 Å². The Morgan fingerprint density at radius 3 is 1.83 bits per heavy atom. The third-order valence-corrected chi connectivity index (χ3v) is 10.1. The van der Waals surface area contributed by atoms with Crippen LogP contribution in [0, 0.1) is 23.7 Å². The zero-order chi connectivity index (χ0) is 23.1. The molecular weight excluding hydrogens is 444 g/mol. The first kappa shape index (κ1) is 20.4. The molecule has 0 saturated heterocycles. The third-order valence-electron chi connectivity index (χ3n) is 9.91. The molecule has 1 spiro atoms. The van der Waals surface area contributed by atoms with Crippen molar-refractivity contribution in [2.24, 2.45) is 23.7 Å². The minimum atomic E-state index is 0.251. The predicted octanol–water partition coefficient (Wildman–Crippen LogP) is 9.40. The van der Waals surface area contributed by atoms with Crippen molar-refractivity contribution in [1.82, 2.24) is 0 Å². The van der Waals surface area contributed by atoms with Crippen molar-refractivity contribution in [2.45, 2.75) is 37.5 Å². The fraction of sp³-hybridized carbons (Fsp3) is 0.294. The Bertz CT molecular complexity index is 1450. The van der Waals surface area contributed by atoms with E-state index in [1.54, 1.807) is 11.1 Å². The van der Waals surface area contributed by atoms with Crippen LogP contribution in [0.15, 0.2) is 91.0 Å². The summed E-state index contributed by atoms with van der Waals surface area (Å²) in [6.45, 7) is 0. The molecule has 1 heteroatoms. The Morgan fingerprint density at radius 1 is 0.514 bits per heavy atom. The van der Waals surface area contributed by atoms with Gasteiger partial charge in [0.1, 0.15) is 0 Å². The molecule has 0 N–H and O–H groups in total. The number of rotatable bonds is 2. The van der Waals surface area contributed by atoms with Crippen LogP contribution in [0.5, 0.6) is 0 Å². The summed E-state index contributed by atoms with van der Waals surface area (Å²) in [6, 6.07) is 33.9. The van der Waals surface area contributed by atoms with Gasteiger partial charge in [-0.1, -0.05) is 78.3 Å². The quantitative estimate of drug-likeness (QED) is 0.272. The Balaban J connectivity index is 1.28. The predicted molar refractivity (Wildman–Crippen MR) is 146 cm³/mol. The molecular formula is C34H29Cl. The van der Waals surface area contributed by atoms with E-state index in [0.29, 0.717) is 0 Å². The summed E-state index contributed by atoms with van der Waals surface area (Å²) < 4.78 is 0. The molecule has 0 heterocycles. The number of hydrogen-bond donors (Lipinski definition) is 0. The summed E-state index contributed by atoms with van der Waals surface area (Å²) in [5.74, 6) is 3.59. The van der Waals surface area contributed by atoms with Crippen LogP contribution in [0.4, 0.5) is 0 Å². The van der Waals surface area contributed by atoms with Gasteiger partial charge in [-0.15, -0.1) is 0 Å². The van der Waals surface area contributed by atoms with Crippen molar-refractivity contribution in [3.63, 3.8) is 0 Å². The van der Waals surface area contributed by atoms with Gasteiger partial charge in [0.25, 0.3) is 0 Å². The summed E-state index contributed by atoms with van der Waals surface area (Å²) in [5, 5.41) is 0.781. The van der Waals surface area contributed by atoms with Gasteiger partial charge in [0, 0.05) is 10.4 Å². The first-order valence-electron chi connectivity index (χ1n) is 13.3. The van der Waals surface area contributed by atoms with E-state index >= 15 is 0 Å². The van der Waals surface area contributed by atoms with Gasteiger partial charge in [0.15, 0.2) is 0 Å². The summed E-state index contributed by atoms with van der Waals surface area (Å²) in [4.78, 5) is 0. The first-order valence-corrected chi connectivity index (χ1v) is 13.7. The molecule has 0 aliphatic heterocycles. The Hall–Kier alpha value is -2.83. The normalized spacial score (nSPS) is 29.4. The van der Waals surface area contributed by atoms with E-state index < -0.39 is 0 Å². The van der Waals surface area contributed by atoms with Crippen molar-refractivity contribution >= 4 is 11.6 Å². The smallest absolute Gasteiger partial charge is 0.0412 e. The van der Waals surface area contributed by atoms with E-state index in [9.17, 15) is 0 Å². The van der Waals surface area contributed by atoms with Gasteiger partial charge >= 0.3 is 0 Å². The highest BCUT2D eigenvalue weighted by molar-refractivity contribution is 6.30. The van der Waals surface area contributed by atoms with E-state index in [1.165, 1.54) is 65.5 Å². The van der Waals surface area contributed by atoms with E-state index in [-0.39, 0.29) is 5.41 Å². The Kier molecular flexibility index (Phi) is 4.27. The van der Waals surface area contributed by atoms with Gasteiger partial charge < -0.3 is 0 Å².